The maximum atomic E-state index is 12.6. The number of amides is 1. The van der Waals surface area contributed by atoms with Gasteiger partial charge in [-0.15, -0.1) is 0 Å². The van der Waals surface area contributed by atoms with E-state index in [-0.39, 0.29) is 18.0 Å². The molecule has 0 aliphatic heterocycles. The number of hydrogen-bond acceptors (Lipinski definition) is 5. The van der Waals surface area contributed by atoms with Crippen LogP contribution in [0.5, 0.6) is 0 Å². The molecule has 0 heterocycles. The molecule has 0 aromatic carbocycles. The summed E-state index contributed by atoms with van der Waals surface area (Å²) in [4.78, 5) is 36.1. The molecule has 0 aromatic rings. The van der Waals surface area contributed by atoms with Gasteiger partial charge >= 0.3 is 11.9 Å². The molecule has 314 valence electrons. The molecule has 1 amide bonds. The lowest BCUT2D eigenvalue weighted by Crippen LogP contribution is -2.40. The third-order valence-electron chi connectivity index (χ3n) is 10.2. The molecule has 0 aliphatic carbocycles. The molecule has 7 nitrogen and oxygen atoms in total. The largest absolute Gasteiger partial charge is 0.480 e. The van der Waals surface area contributed by atoms with Crippen molar-refractivity contribution in [3.8, 4) is 0 Å². The summed E-state index contributed by atoms with van der Waals surface area (Å²) in [5.41, 5.74) is 5.46. The van der Waals surface area contributed by atoms with E-state index in [9.17, 15) is 19.5 Å². The lowest BCUT2D eigenvalue weighted by atomic mass is 10.0. The molecule has 7 heteroatoms. The second-order valence-electron chi connectivity index (χ2n) is 15.4. The average Bonchev–Trinajstić information content (AvgIpc) is 3.16. The first-order chi connectivity index (χ1) is 26.4. The Kier molecular flexibility index (Phi) is 39.9. The van der Waals surface area contributed by atoms with E-state index in [1.165, 1.54) is 135 Å². The first-order valence-corrected chi connectivity index (χ1v) is 22.8. The zero-order valence-corrected chi connectivity index (χ0v) is 35.3. The maximum absolute atomic E-state index is 12.6. The fourth-order valence-electron chi connectivity index (χ4n) is 6.76. The zero-order valence-electron chi connectivity index (χ0n) is 35.3. The zero-order chi connectivity index (χ0) is 39.6. The minimum absolute atomic E-state index is 0.140. The van der Waals surface area contributed by atoms with Crippen molar-refractivity contribution in [3.05, 3.63) is 36.5 Å². The van der Waals surface area contributed by atoms with Gasteiger partial charge in [-0.3, -0.25) is 9.59 Å². The van der Waals surface area contributed by atoms with Crippen LogP contribution in [0.25, 0.3) is 0 Å². The highest BCUT2D eigenvalue weighted by molar-refractivity contribution is 5.83. The predicted octanol–water partition coefficient (Wildman–Crippen LogP) is 13.0. The quantitative estimate of drug-likeness (QED) is 0.0324. The van der Waals surface area contributed by atoms with Gasteiger partial charge in [0, 0.05) is 12.8 Å². The summed E-state index contributed by atoms with van der Waals surface area (Å²) in [7, 11) is 0. The number of carbonyl (C=O) groups excluding carboxylic acids is 2. The van der Waals surface area contributed by atoms with Crippen molar-refractivity contribution in [2.24, 2.45) is 5.73 Å². The number of esters is 1. The van der Waals surface area contributed by atoms with E-state index in [0.717, 1.165) is 44.9 Å². The molecule has 0 spiro atoms. The Hall–Kier alpha value is -2.41. The highest BCUT2D eigenvalue weighted by Crippen LogP contribution is 2.16. The van der Waals surface area contributed by atoms with Crippen LogP contribution in [0.3, 0.4) is 0 Å². The lowest BCUT2D eigenvalue weighted by Gasteiger charge is -2.13. The molecular formula is C47H86N2O5. The van der Waals surface area contributed by atoms with Crippen molar-refractivity contribution in [3.63, 3.8) is 0 Å². The molecule has 0 saturated heterocycles. The minimum Gasteiger partial charge on any atom is -0.480 e. The monoisotopic (exact) mass is 759 g/mol. The Balaban J connectivity index is 3.96. The molecule has 0 aromatic heterocycles. The van der Waals surface area contributed by atoms with Crippen LogP contribution >= 0.6 is 0 Å². The smallest absolute Gasteiger partial charge is 0.326 e. The van der Waals surface area contributed by atoms with Crippen LogP contribution < -0.4 is 11.1 Å². The fourth-order valence-corrected chi connectivity index (χ4v) is 6.76. The molecule has 0 fully saturated rings. The van der Waals surface area contributed by atoms with Crippen LogP contribution in [0.1, 0.15) is 226 Å². The number of hydrogen-bond donors (Lipinski definition) is 3. The second-order valence-corrected chi connectivity index (χ2v) is 15.4. The SMILES string of the molecule is CC/C=C\C/C=C\C(/C=C\CCCCCC(=O)NC(CCCN)C(=O)O)OC(=O)CCCCCCCCCCCCCCCCCCCCCCCCC. The number of carbonyl (C=O) groups is 3. The van der Waals surface area contributed by atoms with Crippen LogP contribution in [-0.2, 0) is 19.1 Å². The molecule has 0 saturated carbocycles. The summed E-state index contributed by atoms with van der Waals surface area (Å²) in [6, 6.07) is -0.873. The van der Waals surface area contributed by atoms with Crippen LogP contribution in [0.15, 0.2) is 36.5 Å². The first-order valence-electron chi connectivity index (χ1n) is 22.8. The number of rotatable bonds is 41. The van der Waals surface area contributed by atoms with Crippen molar-refractivity contribution < 1.29 is 24.2 Å². The molecule has 0 radical (unpaired) electrons. The molecule has 2 unspecified atom stereocenters. The highest BCUT2D eigenvalue weighted by atomic mass is 16.5. The molecule has 0 rings (SSSR count). The Labute approximate surface area is 333 Å². The molecule has 0 aliphatic rings. The second kappa shape index (κ2) is 41.7. The normalized spacial score (nSPS) is 12.9. The van der Waals surface area contributed by atoms with Crippen molar-refractivity contribution in [2.75, 3.05) is 6.54 Å². The number of aliphatic carboxylic acids is 1. The summed E-state index contributed by atoms with van der Waals surface area (Å²) in [5.74, 6) is -1.39. The van der Waals surface area contributed by atoms with Crippen LogP contribution in [0.2, 0.25) is 0 Å². The number of nitrogens with one attached hydrogen (secondary N) is 1. The summed E-state index contributed by atoms with van der Waals surface area (Å²) < 4.78 is 5.80. The molecular weight excluding hydrogens is 673 g/mol. The van der Waals surface area contributed by atoms with Gasteiger partial charge in [-0.05, 0) is 70.1 Å². The van der Waals surface area contributed by atoms with E-state index < -0.39 is 12.0 Å². The molecule has 0 bridgehead atoms. The van der Waals surface area contributed by atoms with E-state index in [1.807, 2.05) is 18.2 Å². The highest BCUT2D eigenvalue weighted by Gasteiger charge is 2.18. The Morgan fingerprint density at radius 1 is 0.574 bits per heavy atom. The number of nitrogens with two attached hydrogens (primary N) is 1. The number of allylic oxidation sites excluding steroid dienone is 4. The van der Waals surface area contributed by atoms with Gasteiger partial charge in [-0.2, -0.15) is 0 Å². The first kappa shape index (κ1) is 51.6. The topological polar surface area (TPSA) is 119 Å². The molecule has 54 heavy (non-hydrogen) atoms. The summed E-state index contributed by atoms with van der Waals surface area (Å²) in [6.07, 6.45) is 49.9. The van der Waals surface area contributed by atoms with Crippen LogP contribution in [0.4, 0.5) is 0 Å². The van der Waals surface area contributed by atoms with Crippen molar-refractivity contribution in [1.82, 2.24) is 5.32 Å². The molecule has 4 N–H and O–H groups in total. The number of carboxylic acids is 1. The number of carboxylic acid groups (broad SMARTS) is 1. The van der Waals surface area contributed by atoms with Gasteiger partial charge in [0.1, 0.15) is 12.1 Å². The lowest BCUT2D eigenvalue weighted by molar-refractivity contribution is -0.145. The maximum Gasteiger partial charge on any atom is 0.326 e. The minimum atomic E-state index is -1.02. The van der Waals surface area contributed by atoms with Crippen LogP contribution in [0, 0.1) is 0 Å². The predicted molar refractivity (Wildman–Crippen MR) is 230 cm³/mol. The third kappa shape index (κ3) is 37.9. The van der Waals surface area contributed by atoms with E-state index in [1.54, 1.807) is 0 Å². The van der Waals surface area contributed by atoms with E-state index >= 15 is 0 Å². The van der Waals surface area contributed by atoms with E-state index in [2.05, 4.69) is 37.4 Å². The van der Waals surface area contributed by atoms with Gasteiger partial charge < -0.3 is 20.9 Å². The van der Waals surface area contributed by atoms with Gasteiger partial charge in [-0.1, -0.05) is 186 Å². The van der Waals surface area contributed by atoms with Crippen molar-refractivity contribution in [1.29, 1.82) is 0 Å². The van der Waals surface area contributed by atoms with Gasteiger partial charge in [-0.25, -0.2) is 4.79 Å². The van der Waals surface area contributed by atoms with E-state index in [0.29, 0.717) is 38.6 Å². The number of unbranched alkanes of at least 4 members (excludes halogenated alkanes) is 25. The number of ether oxygens (including phenoxy) is 1. The van der Waals surface area contributed by atoms with Crippen LogP contribution in [-0.4, -0.2) is 41.6 Å². The Morgan fingerprint density at radius 3 is 1.52 bits per heavy atom. The van der Waals surface area contributed by atoms with Gasteiger partial charge in [0.05, 0.1) is 0 Å². The average molecular weight is 759 g/mol. The van der Waals surface area contributed by atoms with Gasteiger partial charge in [0.25, 0.3) is 0 Å². The summed E-state index contributed by atoms with van der Waals surface area (Å²) >= 11 is 0. The van der Waals surface area contributed by atoms with Crippen molar-refractivity contribution in [2.45, 2.75) is 238 Å². The van der Waals surface area contributed by atoms with Crippen molar-refractivity contribution >= 4 is 17.8 Å². The molecule has 2 atom stereocenters. The fraction of sp³-hybridized carbons (Fsp3) is 0.809. The summed E-state index contributed by atoms with van der Waals surface area (Å²) in [5, 5.41) is 11.9. The Bertz CT molecular complexity index is 946. The third-order valence-corrected chi connectivity index (χ3v) is 10.2. The Morgan fingerprint density at radius 2 is 1.04 bits per heavy atom. The van der Waals surface area contributed by atoms with Gasteiger partial charge in [0.15, 0.2) is 0 Å². The standard InChI is InChI=1S/C47H86N2O5/c1-3-5-7-9-10-11-12-13-14-15-16-17-18-19-20-21-22-23-24-25-26-31-35-41-46(51)54-43(37-32-28-8-6-4-2)38-33-29-27-30-34-40-45(50)49-44(47(52)53)39-36-42-48/h6,8,32-33,37-38,43-44H,3-5,7,9-31,34-36,39-42,48H2,1-2H3,(H,49,50)(H,52,53)/b8-6-,37-32-,38-33-. The summed E-state index contributed by atoms with van der Waals surface area (Å²) in [6.45, 7) is 4.80. The van der Waals surface area contributed by atoms with Gasteiger partial charge in [0.2, 0.25) is 5.91 Å². The van der Waals surface area contributed by atoms with E-state index in [4.69, 9.17) is 10.5 Å².